The van der Waals surface area contributed by atoms with Gasteiger partial charge in [-0.3, -0.25) is 9.59 Å². The average Bonchev–Trinajstić information content (AvgIpc) is 2.02. The van der Waals surface area contributed by atoms with Gasteiger partial charge in [-0.05, 0) is 0 Å². The summed E-state index contributed by atoms with van der Waals surface area (Å²) in [6.07, 6.45) is -0.496. The topological polar surface area (TPSA) is 113 Å². The number of hydrogen-bond acceptors (Lipinski definition) is 4. The van der Waals surface area contributed by atoms with E-state index in [1.54, 1.807) is 0 Å². The van der Waals surface area contributed by atoms with E-state index in [1.807, 2.05) is 5.32 Å². The number of aliphatic hydroxyl groups excluding tert-OH is 1. The normalized spacial score (nSPS) is 16.0. The van der Waals surface area contributed by atoms with Gasteiger partial charge in [0.1, 0.15) is 0 Å². The van der Waals surface area contributed by atoms with Gasteiger partial charge in [-0.15, -0.1) is 0 Å². The van der Waals surface area contributed by atoms with Gasteiger partial charge in [0.2, 0.25) is 5.91 Å². The van der Waals surface area contributed by atoms with Crippen molar-refractivity contribution < 1.29 is 21.2 Å². The predicted molar refractivity (Wildman–Crippen MR) is 40.3 cm³/mol. The fourth-order valence-corrected chi connectivity index (χ4v) is 0.534. The third-order valence-corrected chi connectivity index (χ3v) is 1.07. The van der Waals surface area contributed by atoms with E-state index in [0.29, 0.717) is 0 Å². The molecular weight excluding hydrogens is 164 g/mol. The number of nitrogens with two attached hydrogens (primary N) is 1. The highest BCUT2D eigenvalue weighted by molar-refractivity contribution is 5.85. The van der Waals surface area contributed by atoms with E-state index in [-0.39, 0.29) is 0 Å². The fourth-order valence-electron chi connectivity index (χ4n) is 0.534. The molecular formula is C6H12N2O4. The van der Waals surface area contributed by atoms with E-state index < -0.39 is 37.5 Å². The summed E-state index contributed by atoms with van der Waals surface area (Å²) < 4.78 is 6.94. The summed E-state index contributed by atoms with van der Waals surface area (Å²) >= 11 is 0. The quantitative estimate of drug-likeness (QED) is 0.384. The lowest BCUT2D eigenvalue weighted by molar-refractivity contribution is -0.139. The summed E-state index contributed by atoms with van der Waals surface area (Å²) in [4.78, 5) is 21.0. The van der Waals surface area contributed by atoms with Crippen LogP contribution in [0, 0.1) is 0 Å². The molecule has 0 saturated heterocycles. The molecule has 0 heterocycles. The summed E-state index contributed by atoms with van der Waals surface area (Å²) in [7, 11) is 0. The van der Waals surface area contributed by atoms with Crippen LogP contribution in [0.3, 0.4) is 0 Å². The number of carbonyl (C=O) groups excluding carboxylic acids is 1. The van der Waals surface area contributed by atoms with Gasteiger partial charge in [0.05, 0.1) is 20.4 Å². The van der Waals surface area contributed by atoms with Crippen molar-refractivity contribution in [2.45, 2.75) is 12.5 Å². The molecule has 5 N–H and O–H groups in total. The molecule has 0 aromatic rings. The average molecular weight is 177 g/mol. The molecule has 2 atom stereocenters. The number of rotatable bonds is 5. The van der Waals surface area contributed by atoms with Crippen LogP contribution in [0.2, 0.25) is 0 Å². The minimum atomic E-state index is -1.19. The summed E-state index contributed by atoms with van der Waals surface area (Å²) in [5.41, 5.74) is 5.16. The molecule has 0 aliphatic carbocycles. The van der Waals surface area contributed by atoms with Crippen LogP contribution in [0.4, 0.5) is 0 Å². The lowest BCUT2D eigenvalue weighted by Crippen LogP contribution is -2.42. The number of carboxylic acids is 1. The highest BCUT2D eigenvalue weighted by atomic mass is 16.4. The van der Waals surface area contributed by atoms with Crippen molar-refractivity contribution in [1.29, 1.82) is 0 Å². The zero-order valence-corrected chi connectivity index (χ0v) is 6.36. The molecule has 70 valence electrons. The molecule has 12 heavy (non-hydrogen) atoms. The van der Waals surface area contributed by atoms with E-state index >= 15 is 0 Å². The largest absolute Gasteiger partial charge is 0.481 e. The van der Waals surface area contributed by atoms with Gasteiger partial charge in [0.15, 0.2) is 0 Å². The lowest BCUT2D eigenvalue weighted by Gasteiger charge is -2.08. The number of carboxylic acid groups (broad SMARTS) is 1. The standard InChI is InChI=1S/C6H12N2O4/c7-4(3-5(10)11)6(12)8-1-2-9/h4,9H,1-3,7H2,(H,8,12)(H,10,11)/t4-/m0/s1/i1D/t1?,4-. The molecule has 0 saturated carbocycles. The van der Waals surface area contributed by atoms with Crippen molar-refractivity contribution in [3.05, 3.63) is 0 Å². The van der Waals surface area contributed by atoms with Crippen LogP contribution in [0.5, 0.6) is 0 Å². The molecule has 6 nitrogen and oxygen atoms in total. The first-order valence-electron chi connectivity index (χ1n) is 3.86. The molecule has 0 radical (unpaired) electrons. The van der Waals surface area contributed by atoms with Gasteiger partial charge in [-0.2, -0.15) is 0 Å². The van der Waals surface area contributed by atoms with E-state index in [1.165, 1.54) is 0 Å². The SMILES string of the molecule is [2H]C(CO)NC(=O)[C@@H](N)CC(=O)O. The van der Waals surface area contributed by atoms with Gasteiger partial charge in [0, 0.05) is 6.52 Å². The molecule has 0 aromatic heterocycles. The number of hydrogen-bond donors (Lipinski definition) is 4. The van der Waals surface area contributed by atoms with Gasteiger partial charge < -0.3 is 21.3 Å². The monoisotopic (exact) mass is 177 g/mol. The van der Waals surface area contributed by atoms with Crippen LogP contribution >= 0.6 is 0 Å². The van der Waals surface area contributed by atoms with Crippen molar-refractivity contribution in [1.82, 2.24) is 5.32 Å². The smallest absolute Gasteiger partial charge is 0.305 e. The maximum absolute atomic E-state index is 10.9. The number of nitrogens with one attached hydrogen (secondary N) is 1. The van der Waals surface area contributed by atoms with Crippen LogP contribution in [-0.2, 0) is 9.59 Å². The maximum atomic E-state index is 10.9. The molecule has 0 aromatic carbocycles. The number of aliphatic carboxylic acids is 1. The summed E-state index contributed by atoms with van der Waals surface area (Å²) in [6, 6.07) is -1.18. The second-order valence-corrected chi connectivity index (χ2v) is 2.10. The fraction of sp³-hybridized carbons (Fsp3) is 0.667. The van der Waals surface area contributed by atoms with Crippen molar-refractivity contribution in [2.24, 2.45) is 5.73 Å². The lowest BCUT2D eigenvalue weighted by atomic mass is 10.2. The summed E-state index contributed by atoms with van der Waals surface area (Å²) in [5, 5.41) is 18.7. The van der Waals surface area contributed by atoms with Crippen LogP contribution in [0.15, 0.2) is 0 Å². The first-order valence-corrected chi connectivity index (χ1v) is 3.28. The van der Waals surface area contributed by atoms with Crippen molar-refractivity contribution in [3.8, 4) is 0 Å². The van der Waals surface area contributed by atoms with Crippen LogP contribution in [0.1, 0.15) is 7.79 Å². The van der Waals surface area contributed by atoms with E-state index in [0.717, 1.165) is 0 Å². The number of amides is 1. The summed E-state index contributed by atoms with van der Waals surface area (Å²) in [5.74, 6) is -1.94. The molecule has 0 bridgehead atoms. The third-order valence-electron chi connectivity index (χ3n) is 1.07. The van der Waals surface area contributed by atoms with E-state index in [9.17, 15) is 9.59 Å². The van der Waals surface area contributed by atoms with Crippen molar-refractivity contribution >= 4 is 11.9 Å². The van der Waals surface area contributed by atoms with Crippen molar-refractivity contribution in [3.63, 3.8) is 0 Å². The number of carbonyl (C=O) groups is 2. The third kappa shape index (κ3) is 4.64. The minimum absolute atomic E-state index is 0.496. The van der Waals surface area contributed by atoms with Crippen molar-refractivity contribution in [2.75, 3.05) is 13.1 Å². The van der Waals surface area contributed by atoms with Gasteiger partial charge in [0.25, 0.3) is 0 Å². The maximum Gasteiger partial charge on any atom is 0.305 e. The Morgan fingerprint density at radius 2 is 2.25 bits per heavy atom. The molecule has 1 amide bonds. The Morgan fingerprint density at radius 1 is 1.67 bits per heavy atom. The van der Waals surface area contributed by atoms with Crippen LogP contribution < -0.4 is 11.1 Å². The van der Waals surface area contributed by atoms with E-state index in [2.05, 4.69) is 0 Å². The van der Waals surface area contributed by atoms with E-state index in [4.69, 9.17) is 17.3 Å². The Hall–Kier alpha value is -1.14. The van der Waals surface area contributed by atoms with Gasteiger partial charge >= 0.3 is 5.97 Å². The Balaban J connectivity index is 3.89. The molecule has 0 aliphatic heterocycles. The van der Waals surface area contributed by atoms with Gasteiger partial charge in [-0.1, -0.05) is 0 Å². The zero-order valence-electron chi connectivity index (χ0n) is 7.36. The second kappa shape index (κ2) is 5.50. The Bertz CT molecular complexity index is 199. The second-order valence-electron chi connectivity index (χ2n) is 2.10. The predicted octanol–water partition coefficient (Wildman–Crippen LogP) is -2.10. The molecule has 0 rings (SSSR count). The molecule has 6 heteroatoms. The highest BCUT2D eigenvalue weighted by Gasteiger charge is 2.15. The molecule has 0 aliphatic rings. The molecule has 0 spiro atoms. The summed E-state index contributed by atoms with van der Waals surface area (Å²) in [6.45, 7) is -1.70. The van der Waals surface area contributed by atoms with Crippen LogP contribution in [-0.4, -0.2) is 41.3 Å². The minimum Gasteiger partial charge on any atom is -0.481 e. The first kappa shape index (κ1) is 8.95. The Kier molecular flexibility index (Phi) is 4.11. The Labute approximate surface area is 70.8 Å². The van der Waals surface area contributed by atoms with Crippen LogP contribution in [0.25, 0.3) is 0 Å². The first-order chi connectivity index (χ1) is 5.97. The highest BCUT2D eigenvalue weighted by Crippen LogP contribution is 1.87. The Morgan fingerprint density at radius 3 is 2.67 bits per heavy atom. The van der Waals surface area contributed by atoms with Gasteiger partial charge in [-0.25, -0.2) is 0 Å². The molecule has 1 unspecified atom stereocenters. The molecule has 0 fully saturated rings. The number of aliphatic hydroxyl groups is 1. The zero-order chi connectivity index (χ0) is 10.4.